The van der Waals surface area contributed by atoms with Gasteiger partial charge in [0.15, 0.2) is 11.6 Å². The third-order valence-corrected chi connectivity index (χ3v) is 2.92. The lowest BCUT2D eigenvalue weighted by Gasteiger charge is -2.16. The summed E-state index contributed by atoms with van der Waals surface area (Å²) in [5.74, 6) is 0.558. The second kappa shape index (κ2) is 6.51. The van der Waals surface area contributed by atoms with Crippen LogP contribution in [0.1, 0.15) is 51.0 Å². The maximum atomic E-state index is 13.6. The Morgan fingerprint density at radius 2 is 1.81 bits per heavy atom. The number of benzene rings is 1. The molecule has 0 spiro atoms. The van der Waals surface area contributed by atoms with Crippen molar-refractivity contribution in [3.8, 4) is 5.75 Å². The zero-order valence-corrected chi connectivity index (χ0v) is 10.4. The largest absolute Gasteiger partial charge is 0.494 e. The van der Waals surface area contributed by atoms with Crippen LogP contribution >= 0.6 is 0 Å². The molecule has 0 fully saturated rings. The first kappa shape index (κ1) is 13.0. The molecule has 0 saturated carbocycles. The second-order valence-corrected chi connectivity index (χ2v) is 4.17. The molecule has 0 saturated heterocycles. The summed E-state index contributed by atoms with van der Waals surface area (Å²) < 4.78 is 18.5. The molecule has 0 radical (unpaired) electrons. The molecule has 0 N–H and O–H groups in total. The fraction of sp³-hybridized carbons (Fsp3) is 0.571. The minimum Gasteiger partial charge on any atom is -0.494 e. The lowest BCUT2D eigenvalue weighted by atomic mass is 9.90. The van der Waals surface area contributed by atoms with Gasteiger partial charge in [0.25, 0.3) is 0 Å². The van der Waals surface area contributed by atoms with Gasteiger partial charge < -0.3 is 4.74 Å². The quantitative estimate of drug-likeness (QED) is 0.690. The van der Waals surface area contributed by atoms with Crippen LogP contribution in [-0.2, 0) is 0 Å². The van der Waals surface area contributed by atoms with Gasteiger partial charge in [-0.25, -0.2) is 4.39 Å². The van der Waals surface area contributed by atoms with Crippen LogP contribution in [-0.4, -0.2) is 7.11 Å². The van der Waals surface area contributed by atoms with Gasteiger partial charge in [-0.05, 0) is 36.5 Å². The van der Waals surface area contributed by atoms with E-state index in [4.69, 9.17) is 4.74 Å². The third-order valence-electron chi connectivity index (χ3n) is 2.92. The molecular weight excluding hydrogens is 203 g/mol. The van der Waals surface area contributed by atoms with E-state index in [0.717, 1.165) is 31.2 Å². The van der Waals surface area contributed by atoms with Crippen LogP contribution in [0.4, 0.5) is 4.39 Å². The topological polar surface area (TPSA) is 9.23 Å². The molecule has 0 aliphatic carbocycles. The Balaban J connectivity index is 2.87. The normalized spacial score (nSPS) is 10.8. The average molecular weight is 224 g/mol. The SMILES string of the molecule is CCCC(CCC)c1ccc(OC)c(F)c1. The maximum Gasteiger partial charge on any atom is 0.165 e. The smallest absolute Gasteiger partial charge is 0.165 e. The van der Waals surface area contributed by atoms with Gasteiger partial charge >= 0.3 is 0 Å². The summed E-state index contributed by atoms with van der Waals surface area (Å²) in [7, 11) is 1.49. The predicted molar refractivity (Wildman–Crippen MR) is 65.5 cm³/mol. The van der Waals surface area contributed by atoms with Crippen molar-refractivity contribution in [1.82, 2.24) is 0 Å². The molecule has 0 bridgehead atoms. The molecular formula is C14H21FO. The van der Waals surface area contributed by atoms with Crippen molar-refractivity contribution in [3.63, 3.8) is 0 Å². The van der Waals surface area contributed by atoms with Crippen LogP contribution in [0.5, 0.6) is 5.75 Å². The lowest BCUT2D eigenvalue weighted by Crippen LogP contribution is -2.00. The van der Waals surface area contributed by atoms with Gasteiger partial charge in [0.05, 0.1) is 7.11 Å². The summed E-state index contributed by atoms with van der Waals surface area (Å²) in [6, 6.07) is 5.33. The summed E-state index contributed by atoms with van der Waals surface area (Å²) in [5.41, 5.74) is 1.10. The van der Waals surface area contributed by atoms with E-state index in [1.807, 2.05) is 6.07 Å². The Hall–Kier alpha value is -1.05. The molecule has 16 heavy (non-hydrogen) atoms. The van der Waals surface area contributed by atoms with Gasteiger partial charge in [-0.15, -0.1) is 0 Å². The highest BCUT2D eigenvalue weighted by Crippen LogP contribution is 2.29. The van der Waals surface area contributed by atoms with Crippen LogP contribution in [0.2, 0.25) is 0 Å². The van der Waals surface area contributed by atoms with Crippen LogP contribution in [0, 0.1) is 5.82 Å². The van der Waals surface area contributed by atoms with Crippen molar-refractivity contribution in [2.75, 3.05) is 7.11 Å². The van der Waals surface area contributed by atoms with E-state index in [1.54, 1.807) is 12.1 Å². The summed E-state index contributed by atoms with van der Waals surface area (Å²) in [5, 5.41) is 0. The van der Waals surface area contributed by atoms with Crippen molar-refractivity contribution < 1.29 is 9.13 Å². The van der Waals surface area contributed by atoms with Crippen molar-refractivity contribution in [3.05, 3.63) is 29.6 Å². The fourth-order valence-corrected chi connectivity index (χ4v) is 2.11. The van der Waals surface area contributed by atoms with E-state index in [-0.39, 0.29) is 5.82 Å². The molecule has 1 rings (SSSR count). The number of halogens is 1. The summed E-state index contributed by atoms with van der Waals surface area (Å²) in [6.45, 7) is 4.34. The second-order valence-electron chi connectivity index (χ2n) is 4.17. The van der Waals surface area contributed by atoms with Gasteiger partial charge in [-0.3, -0.25) is 0 Å². The van der Waals surface area contributed by atoms with Gasteiger partial charge in [-0.1, -0.05) is 32.8 Å². The van der Waals surface area contributed by atoms with E-state index in [1.165, 1.54) is 7.11 Å². The van der Waals surface area contributed by atoms with Crippen molar-refractivity contribution in [1.29, 1.82) is 0 Å². The molecule has 1 aromatic rings. The molecule has 90 valence electrons. The van der Waals surface area contributed by atoms with Crippen molar-refractivity contribution in [2.24, 2.45) is 0 Å². The predicted octanol–water partition coefficient (Wildman–Crippen LogP) is 4.52. The number of hydrogen-bond donors (Lipinski definition) is 0. The minimum absolute atomic E-state index is 0.253. The first-order chi connectivity index (χ1) is 7.72. The summed E-state index contributed by atoms with van der Waals surface area (Å²) in [6.07, 6.45) is 4.52. The highest BCUT2D eigenvalue weighted by atomic mass is 19.1. The Labute approximate surface area is 97.6 Å². The van der Waals surface area contributed by atoms with Crippen LogP contribution in [0.15, 0.2) is 18.2 Å². The number of rotatable bonds is 6. The number of hydrogen-bond acceptors (Lipinski definition) is 1. The molecule has 0 amide bonds. The summed E-state index contributed by atoms with van der Waals surface area (Å²) in [4.78, 5) is 0. The monoisotopic (exact) mass is 224 g/mol. The molecule has 0 aromatic heterocycles. The van der Waals surface area contributed by atoms with Gasteiger partial charge in [0.1, 0.15) is 0 Å². The Bertz CT molecular complexity index is 317. The number of ether oxygens (including phenoxy) is 1. The standard InChI is InChI=1S/C14H21FO/c1-4-6-11(7-5-2)12-8-9-14(16-3)13(15)10-12/h8-11H,4-7H2,1-3H3. The molecule has 1 nitrogen and oxygen atoms in total. The van der Waals surface area contributed by atoms with E-state index in [9.17, 15) is 4.39 Å². The van der Waals surface area contributed by atoms with Gasteiger partial charge in [0, 0.05) is 0 Å². The Morgan fingerprint density at radius 1 is 1.19 bits per heavy atom. The number of methoxy groups -OCH3 is 1. The van der Waals surface area contributed by atoms with E-state index in [0.29, 0.717) is 11.7 Å². The van der Waals surface area contributed by atoms with Crippen LogP contribution in [0.3, 0.4) is 0 Å². The Morgan fingerprint density at radius 3 is 2.25 bits per heavy atom. The fourth-order valence-electron chi connectivity index (χ4n) is 2.11. The van der Waals surface area contributed by atoms with Gasteiger partial charge in [0.2, 0.25) is 0 Å². The molecule has 0 aliphatic rings. The molecule has 1 aromatic carbocycles. The molecule has 0 unspecified atom stereocenters. The first-order valence-electron chi connectivity index (χ1n) is 6.06. The Kier molecular flexibility index (Phi) is 5.30. The molecule has 0 aliphatic heterocycles. The van der Waals surface area contributed by atoms with E-state index in [2.05, 4.69) is 13.8 Å². The highest BCUT2D eigenvalue weighted by Gasteiger charge is 2.12. The first-order valence-corrected chi connectivity index (χ1v) is 6.06. The minimum atomic E-state index is -0.253. The lowest BCUT2D eigenvalue weighted by molar-refractivity contribution is 0.385. The highest BCUT2D eigenvalue weighted by molar-refractivity contribution is 5.31. The van der Waals surface area contributed by atoms with Crippen molar-refractivity contribution in [2.45, 2.75) is 45.4 Å². The van der Waals surface area contributed by atoms with Crippen molar-refractivity contribution >= 4 is 0 Å². The summed E-state index contributed by atoms with van der Waals surface area (Å²) >= 11 is 0. The van der Waals surface area contributed by atoms with Crippen LogP contribution in [0.25, 0.3) is 0 Å². The van der Waals surface area contributed by atoms with E-state index >= 15 is 0 Å². The molecule has 2 heteroatoms. The molecule has 0 atom stereocenters. The van der Waals surface area contributed by atoms with Gasteiger partial charge in [-0.2, -0.15) is 0 Å². The average Bonchev–Trinajstić information content (AvgIpc) is 2.28. The maximum absolute atomic E-state index is 13.6. The zero-order chi connectivity index (χ0) is 12.0. The zero-order valence-electron chi connectivity index (χ0n) is 10.4. The van der Waals surface area contributed by atoms with Crippen LogP contribution < -0.4 is 4.74 Å². The molecule has 0 heterocycles. The third kappa shape index (κ3) is 3.22. The van der Waals surface area contributed by atoms with E-state index < -0.39 is 0 Å².